The van der Waals surface area contributed by atoms with E-state index in [1.807, 2.05) is 0 Å². The van der Waals surface area contributed by atoms with Crippen LogP contribution in [0.1, 0.15) is 11.1 Å². The topological polar surface area (TPSA) is 17.0 Å². The molecule has 0 aliphatic carbocycles. The summed E-state index contributed by atoms with van der Waals surface area (Å²) in [5.74, 6) is 0. The molecule has 0 saturated heterocycles. The molecule has 1 aromatic carbocycles. The highest BCUT2D eigenvalue weighted by atomic mass is 14.9. The van der Waals surface area contributed by atoms with Gasteiger partial charge in [-0.2, -0.15) is 0 Å². The van der Waals surface area contributed by atoms with Crippen molar-refractivity contribution in [2.24, 2.45) is 7.05 Å². The second-order valence-electron chi connectivity index (χ2n) is 4.48. The van der Waals surface area contributed by atoms with Crippen molar-refractivity contribution in [3.8, 4) is 11.1 Å². The zero-order valence-corrected chi connectivity index (χ0v) is 9.53. The lowest BCUT2D eigenvalue weighted by atomic mass is 9.96. The number of benzene rings is 1. The van der Waals surface area contributed by atoms with E-state index in [0.717, 1.165) is 19.5 Å². The molecule has 0 amide bonds. The minimum atomic E-state index is 1.02. The highest BCUT2D eigenvalue weighted by Crippen LogP contribution is 2.24. The fourth-order valence-corrected chi connectivity index (χ4v) is 2.33. The molecule has 0 spiro atoms. The highest BCUT2D eigenvalue weighted by molar-refractivity contribution is 5.64. The number of aryl methyl sites for hydroxylation is 1. The summed E-state index contributed by atoms with van der Waals surface area (Å²) in [5, 5.41) is 3.40. The van der Waals surface area contributed by atoms with Gasteiger partial charge in [0.1, 0.15) is 0 Å². The maximum atomic E-state index is 3.40. The van der Waals surface area contributed by atoms with Crippen LogP contribution in [0.25, 0.3) is 11.1 Å². The van der Waals surface area contributed by atoms with Gasteiger partial charge in [-0.3, -0.25) is 0 Å². The number of hydrogen-bond donors (Lipinski definition) is 1. The average molecular weight is 212 g/mol. The molecular formula is C14H16N2. The van der Waals surface area contributed by atoms with Crippen molar-refractivity contribution in [1.82, 2.24) is 9.88 Å². The third kappa shape index (κ3) is 1.65. The first-order chi connectivity index (χ1) is 7.83. The van der Waals surface area contributed by atoms with Crippen molar-refractivity contribution < 1.29 is 0 Å². The van der Waals surface area contributed by atoms with E-state index in [9.17, 15) is 0 Å². The summed E-state index contributed by atoms with van der Waals surface area (Å²) >= 11 is 0. The van der Waals surface area contributed by atoms with Crippen LogP contribution in [0.15, 0.2) is 36.7 Å². The van der Waals surface area contributed by atoms with E-state index >= 15 is 0 Å². The molecule has 0 radical (unpaired) electrons. The van der Waals surface area contributed by atoms with Gasteiger partial charge in [-0.15, -0.1) is 0 Å². The van der Waals surface area contributed by atoms with Gasteiger partial charge in [0, 0.05) is 26.0 Å². The van der Waals surface area contributed by atoms with Gasteiger partial charge in [-0.05, 0) is 41.3 Å². The molecule has 16 heavy (non-hydrogen) atoms. The van der Waals surface area contributed by atoms with Crippen LogP contribution in [-0.4, -0.2) is 11.1 Å². The number of nitrogens with zero attached hydrogens (tertiary/aromatic N) is 1. The maximum Gasteiger partial charge on any atom is 0.0208 e. The Labute approximate surface area is 95.9 Å². The lowest BCUT2D eigenvalue weighted by molar-refractivity contribution is 0.644. The summed E-state index contributed by atoms with van der Waals surface area (Å²) in [6.07, 6.45) is 5.41. The van der Waals surface area contributed by atoms with Crippen LogP contribution in [0.5, 0.6) is 0 Å². The largest absolute Gasteiger partial charge is 0.357 e. The first-order valence-corrected chi connectivity index (χ1v) is 5.78. The van der Waals surface area contributed by atoms with Gasteiger partial charge in [0.2, 0.25) is 0 Å². The third-order valence-corrected chi connectivity index (χ3v) is 3.26. The van der Waals surface area contributed by atoms with E-state index < -0.39 is 0 Å². The fraction of sp³-hybridized carbons (Fsp3) is 0.286. The molecule has 0 bridgehead atoms. The molecule has 82 valence electrons. The predicted molar refractivity (Wildman–Crippen MR) is 66.3 cm³/mol. The molecule has 1 aliphatic rings. The second-order valence-corrected chi connectivity index (χ2v) is 4.48. The zero-order valence-electron chi connectivity index (χ0n) is 9.53. The molecule has 2 aromatic rings. The Morgan fingerprint density at radius 3 is 2.88 bits per heavy atom. The molecule has 2 heterocycles. The molecule has 0 unspecified atom stereocenters. The SMILES string of the molecule is Cn1ccc(-c2ccc3c(c2)CCNC3)c1. The van der Waals surface area contributed by atoms with E-state index in [1.54, 1.807) is 0 Å². The Morgan fingerprint density at radius 1 is 1.12 bits per heavy atom. The number of hydrogen-bond acceptors (Lipinski definition) is 1. The Kier molecular flexibility index (Phi) is 2.29. The van der Waals surface area contributed by atoms with Gasteiger partial charge >= 0.3 is 0 Å². The van der Waals surface area contributed by atoms with E-state index in [0.29, 0.717) is 0 Å². The first-order valence-electron chi connectivity index (χ1n) is 5.78. The van der Waals surface area contributed by atoms with Crippen molar-refractivity contribution in [2.75, 3.05) is 6.54 Å². The monoisotopic (exact) mass is 212 g/mol. The molecule has 1 aromatic heterocycles. The van der Waals surface area contributed by atoms with E-state index in [-0.39, 0.29) is 0 Å². The van der Waals surface area contributed by atoms with Gasteiger partial charge < -0.3 is 9.88 Å². The smallest absolute Gasteiger partial charge is 0.0208 e. The summed E-state index contributed by atoms with van der Waals surface area (Å²) < 4.78 is 2.09. The van der Waals surface area contributed by atoms with Gasteiger partial charge in [0.15, 0.2) is 0 Å². The molecule has 1 aliphatic heterocycles. The zero-order chi connectivity index (χ0) is 11.0. The fourth-order valence-electron chi connectivity index (χ4n) is 2.33. The maximum absolute atomic E-state index is 3.40. The van der Waals surface area contributed by atoms with Gasteiger partial charge in [0.05, 0.1) is 0 Å². The number of fused-ring (bicyclic) bond motifs is 1. The van der Waals surface area contributed by atoms with Crippen molar-refractivity contribution in [3.05, 3.63) is 47.8 Å². The Bertz CT molecular complexity index is 511. The van der Waals surface area contributed by atoms with E-state index in [2.05, 4.69) is 53.6 Å². The van der Waals surface area contributed by atoms with E-state index in [1.165, 1.54) is 22.3 Å². The minimum absolute atomic E-state index is 1.02. The van der Waals surface area contributed by atoms with Crippen LogP contribution in [0.3, 0.4) is 0 Å². The number of nitrogens with one attached hydrogen (secondary N) is 1. The Hall–Kier alpha value is -1.54. The molecule has 2 heteroatoms. The molecule has 0 fully saturated rings. The minimum Gasteiger partial charge on any atom is -0.357 e. The first kappa shape index (κ1) is 9.67. The lowest BCUT2D eigenvalue weighted by Gasteiger charge is -2.17. The van der Waals surface area contributed by atoms with Crippen LogP contribution in [-0.2, 0) is 20.0 Å². The quantitative estimate of drug-likeness (QED) is 0.767. The normalized spacial score (nSPS) is 14.8. The van der Waals surface area contributed by atoms with Crippen LogP contribution >= 0.6 is 0 Å². The van der Waals surface area contributed by atoms with Crippen molar-refractivity contribution in [2.45, 2.75) is 13.0 Å². The molecule has 0 saturated carbocycles. The van der Waals surface area contributed by atoms with Crippen LogP contribution < -0.4 is 5.32 Å². The second kappa shape index (κ2) is 3.80. The van der Waals surface area contributed by atoms with Gasteiger partial charge in [0.25, 0.3) is 0 Å². The Morgan fingerprint density at radius 2 is 2.06 bits per heavy atom. The summed E-state index contributed by atoms with van der Waals surface area (Å²) in [6.45, 7) is 2.12. The Balaban J connectivity index is 2.02. The van der Waals surface area contributed by atoms with Gasteiger partial charge in [-0.25, -0.2) is 0 Å². The van der Waals surface area contributed by atoms with Crippen LogP contribution in [0.2, 0.25) is 0 Å². The lowest BCUT2D eigenvalue weighted by Crippen LogP contribution is -2.23. The predicted octanol–water partition coefficient (Wildman–Crippen LogP) is 2.34. The average Bonchev–Trinajstić information content (AvgIpc) is 2.75. The van der Waals surface area contributed by atoms with Crippen molar-refractivity contribution >= 4 is 0 Å². The summed E-state index contributed by atoms with van der Waals surface area (Å²) in [6, 6.07) is 8.99. The number of aromatic nitrogens is 1. The van der Waals surface area contributed by atoms with Crippen LogP contribution in [0.4, 0.5) is 0 Å². The van der Waals surface area contributed by atoms with Crippen molar-refractivity contribution in [3.63, 3.8) is 0 Å². The third-order valence-electron chi connectivity index (χ3n) is 3.26. The molecule has 1 N–H and O–H groups in total. The van der Waals surface area contributed by atoms with E-state index in [4.69, 9.17) is 0 Å². The van der Waals surface area contributed by atoms with Crippen molar-refractivity contribution in [1.29, 1.82) is 0 Å². The van der Waals surface area contributed by atoms with Crippen LogP contribution in [0, 0.1) is 0 Å². The summed E-state index contributed by atoms with van der Waals surface area (Å²) in [4.78, 5) is 0. The molecule has 3 rings (SSSR count). The molecular weight excluding hydrogens is 196 g/mol. The highest BCUT2D eigenvalue weighted by Gasteiger charge is 2.09. The standard InChI is InChI=1S/C14H16N2/c1-16-7-5-14(10-16)11-2-3-13-9-15-6-4-12(13)8-11/h2-3,5,7-8,10,15H,4,6,9H2,1H3. The van der Waals surface area contributed by atoms with Gasteiger partial charge in [-0.1, -0.05) is 18.2 Å². The molecule has 2 nitrogen and oxygen atoms in total. The molecule has 0 atom stereocenters. The summed E-state index contributed by atoms with van der Waals surface area (Å²) in [5.41, 5.74) is 5.59. The summed E-state index contributed by atoms with van der Waals surface area (Å²) in [7, 11) is 2.06. The number of rotatable bonds is 1.